The van der Waals surface area contributed by atoms with E-state index in [0.29, 0.717) is 13.0 Å². The van der Waals surface area contributed by atoms with Crippen LogP contribution in [0.4, 0.5) is 0 Å². The van der Waals surface area contributed by atoms with Crippen LogP contribution >= 0.6 is 0 Å². The molecule has 22 heavy (non-hydrogen) atoms. The van der Waals surface area contributed by atoms with Gasteiger partial charge in [-0.3, -0.25) is 14.9 Å². The first-order valence-corrected chi connectivity index (χ1v) is 7.16. The first kappa shape index (κ1) is 14.5. The highest BCUT2D eigenvalue weighted by Crippen LogP contribution is 2.28. The van der Waals surface area contributed by atoms with Gasteiger partial charge in [-0.2, -0.15) is 0 Å². The summed E-state index contributed by atoms with van der Waals surface area (Å²) in [4.78, 5) is 24.6. The van der Waals surface area contributed by atoms with Crippen molar-refractivity contribution in [1.82, 2.24) is 10.5 Å². The lowest BCUT2D eigenvalue weighted by molar-refractivity contribution is -0.145. The molecule has 2 heterocycles. The maximum Gasteiger partial charge on any atom is 0.323 e. The number of carbonyl (C=O) groups excluding carboxylic acids is 2. The maximum absolute atomic E-state index is 12.6. The number of ether oxygens (including phenoxy) is 1. The Labute approximate surface area is 127 Å². The van der Waals surface area contributed by atoms with Crippen LogP contribution in [0.3, 0.4) is 0 Å². The molecule has 0 radical (unpaired) electrons. The molecule has 0 amide bonds. The summed E-state index contributed by atoms with van der Waals surface area (Å²) in [6.07, 6.45) is 1.92. The van der Waals surface area contributed by atoms with Gasteiger partial charge in [-0.15, -0.1) is 0 Å². The predicted octanol–water partition coefficient (Wildman–Crippen LogP) is 1.68. The summed E-state index contributed by atoms with van der Waals surface area (Å²) in [6.45, 7) is 2.06. The Kier molecular flexibility index (Phi) is 4.02. The number of benzene rings is 1. The number of esters is 1. The molecule has 114 valence electrons. The quantitative estimate of drug-likeness (QED) is 0.683. The minimum atomic E-state index is -0.646. The first-order chi connectivity index (χ1) is 10.7. The van der Waals surface area contributed by atoms with Gasteiger partial charge in [-0.05, 0) is 24.5 Å². The van der Waals surface area contributed by atoms with Crippen molar-refractivity contribution in [2.45, 2.75) is 25.4 Å². The zero-order valence-electron chi connectivity index (χ0n) is 12.1. The Morgan fingerprint density at radius 1 is 1.36 bits per heavy atom. The van der Waals surface area contributed by atoms with Gasteiger partial charge in [-0.1, -0.05) is 29.4 Å². The standard InChI is InChI=1S/C16H16N2O4/c1-2-21-16(20)12-9-10-5-3-4-6-11(10)14(18-12)15(19)13-7-8-17-22-13/h3-8,12,14,18H,2,9H2,1H3. The molecule has 2 atom stereocenters. The SMILES string of the molecule is CCOC(=O)C1Cc2ccccc2C(C(=O)c2ccno2)N1. The molecule has 0 bridgehead atoms. The van der Waals surface area contributed by atoms with E-state index in [1.165, 1.54) is 12.3 Å². The number of carbonyl (C=O) groups is 2. The van der Waals surface area contributed by atoms with Crippen molar-refractivity contribution in [1.29, 1.82) is 0 Å². The number of rotatable bonds is 4. The van der Waals surface area contributed by atoms with Crippen molar-refractivity contribution in [2.75, 3.05) is 6.61 Å². The van der Waals surface area contributed by atoms with Crippen LogP contribution in [0.2, 0.25) is 0 Å². The highest BCUT2D eigenvalue weighted by Gasteiger charge is 2.36. The fraction of sp³-hybridized carbons (Fsp3) is 0.312. The average Bonchev–Trinajstić information content (AvgIpc) is 3.08. The Morgan fingerprint density at radius 3 is 2.91 bits per heavy atom. The fourth-order valence-electron chi connectivity index (χ4n) is 2.67. The number of hydrogen-bond donors (Lipinski definition) is 1. The molecule has 6 heteroatoms. The number of hydrogen-bond acceptors (Lipinski definition) is 6. The molecule has 0 saturated carbocycles. The van der Waals surface area contributed by atoms with Crippen molar-refractivity contribution in [3.8, 4) is 0 Å². The Balaban J connectivity index is 1.94. The molecule has 1 aliphatic heterocycles. The number of ketones is 1. The molecule has 0 spiro atoms. The van der Waals surface area contributed by atoms with Gasteiger partial charge in [0, 0.05) is 6.07 Å². The van der Waals surface area contributed by atoms with Crippen molar-refractivity contribution in [2.24, 2.45) is 0 Å². The summed E-state index contributed by atoms with van der Waals surface area (Å²) in [6, 6.07) is 7.87. The van der Waals surface area contributed by atoms with Crippen LogP contribution in [-0.4, -0.2) is 29.6 Å². The van der Waals surface area contributed by atoms with Gasteiger partial charge in [0.05, 0.1) is 12.8 Å². The van der Waals surface area contributed by atoms with Crippen LogP contribution in [0.5, 0.6) is 0 Å². The zero-order valence-corrected chi connectivity index (χ0v) is 12.1. The number of aromatic nitrogens is 1. The van der Waals surface area contributed by atoms with E-state index in [1.807, 2.05) is 24.3 Å². The second-order valence-electron chi connectivity index (χ2n) is 5.05. The minimum Gasteiger partial charge on any atom is -0.465 e. The van der Waals surface area contributed by atoms with E-state index in [-0.39, 0.29) is 17.5 Å². The molecule has 1 aliphatic rings. The molecule has 0 aliphatic carbocycles. The second kappa shape index (κ2) is 6.11. The van der Waals surface area contributed by atoms with Crippen LogP contribution in [0.1, 0.15) is 34.6 Å². The third-order valence-corrected chi connectivity index (χ3v) is 3.67. The van der Waals surface area contributed by atoms with E-state index in [2.05, 4.69) is 10.5 Å². The molecule has 6 nitrogen and oxygen atoms in total. The largest absolute Gasteiger partial charge is 0.465 e. The van der Waals surface area contributed by atoms with E-state index in [4.69, 9.17) is 9.26 Å². The Bertz CT molecular complexity index is 681. The second-order valence-corrected chi connectivity index (χ2v) is 5.05. The lowest BCUT2D eigenvalue weighted by atomic mass is 9.87. The summed E-state index contributed by atoms with van der Waals surface area (Å²) >= 11 is 0. The summed E-state index contributed by atoms with van der Waals surface area (Å²) in [5.41, 5.74) is 1.81. The normalized spacial score (nSPS) is 20.2. The van der Waals surface area contributed by atoms with E-state index < -0.39 is 12.1 Å². The van der Waals surface area contributed by atoms with Crippen molar-refractivity contribution < 1.29 is 18.8 Å². The summed E-state index contributed by atoms with van der Waals surface area (Å²) in [7, 11) is 0. The molecule has 0 fully saturated rings. The van der Waals surface area contributed by atoms with Crippen LogP contribution < -0.4 is 5.32 Å². The van der Waals surface area contributed by atoms with Crippen LogP contribution in [0, 0.1) is 0 Å². The van der Waals surface area contributed by atoms with Gasteiger partial charge in [0.25, 0.3) is 0 Å². The smallest absolute Gasteiger partial charge is 0.323 e. The molecule has 0 saturated heterocycles. The van der Waals surface area contributed by atoms with Gasteiger partial charge in [-0.25, -0.2) is 0 Å². The number of nitrogens with zero attached hydrogens (tertiary/aromatic N) is 1. The van der Waals surface area contributed by atoms with Crippen LogP contribution in [0.25, 0.3) is 0 Å². The summed E-state index contributed by atoms with van der Waals surface area (Å²) in [5, 5.41) is 6.63. The van der Waals surface area contributed by atoms with Crippen molar-refractivity contribution >= 4 is 11.8 Å². The molecular weight excluding hydrogens is 284 g/mol. The number of fused-ring (bicyclic) bond motifs is 1. The molecule has 3 rings (SSSR count). The maximum atomic E-state index is 12.6. The predicted molar refractivity (Wildman–Crippen MR) is 77.3 cm³/mol. The molecule has 1 aromatic heterocycles. The summed E-state index contributed by atoms with van der Waals surface area (Å²) < 4.78 is 10.0. The Hall–Kier alpha value is -2.47. The fourth-order valence-corrected chi connectivity index (χ4v) is 2.67. The molecular formula is C16H16N2O4. The first-order valence-electron chi connectivity index (χ1n) is 7.16. The highest BCUT2D eigenvalue weighted by atomic mass is 16.5. The van der Waals surface area contributed by atoms with Gasteiger partial charge in [0.2, 0.25) is 11.5 Å². The molecule has 1 N–H and O–H groups in total. The molecule has 2 aromatic rings. The zero-order chi connectivity index (χ0) is 15.5. The monoisotopic (exact) mass is 300 g/mol. The van der Waals surface area contributed by atoms with E-state index in [9.17, 15) is 9.59 Å². The van der Waals surface area contributed by atoms with E-state index in [0.717, 1.165) is 11.1 Å². The minimum absolute atomic E-state index is 0.164. The van der Waals surface area contributed by atoms with E-state index in [1.54, 1.807) is 6.92 Å². The topological polar surface area (TPSA) is 81.4 Å². The third-order valence-electron chi connectivity index (χ3n) is 3.67. The third kappa shape index (κ3) is 2.65. The lowest BCUT2D eigenvalue weighted by Gasteiger charge is -2.30. The summed E-state index contributed by atoms with van der Waals surface area (Å²) in [5.74, 6) is -0.442. The molecule has 2 unspecified atom stereocenters. The number of Topliss-reactive ketones (excluding diaryl/α,β-unsaturated/α-hetero) is 1. The van der Waals surface area contributed by atoms with Gasteiger partial charge in [0.15, 0.2) is 0 Å². The van der Waals surface area contributed by atoms with Crippen molar-refractivity contribution in [3.63, 3.8) is 0 Å². The van der Waals surface area contributed by atoms with Crippen LogP contribution in [-0.2, 0) is 16.0 Å². The van der Waals surface area contributed by atoms with Gasteiger partial charge in [0.1, 0.15) is 12.1 Å². The Morgan fingerprint density at radius 2 is 2.18 bits per heavy atom. The van der Waals surface area contributed by atoms with Crippen LogP contribution in [0.15, 0.2) is 41.1 Å². The highest BCUT2D eigenvalue weighted by molar-refractivity contribution is 5.99. The van der Waals surface area contributed by atoms with E-state index >= 15 is 0 Å². The van der Waals surface area contributed by atoms with Gasteiger partial charge >= 0.3 is 5.97 Å². The van der Waals surface area contributed by atoms with Crippen molar-refractivity contribution in [3.05, 3.63) is 53.4 Å². The molecule has 1 aromatic carbocycles. The average molecular weight is 300 g/mol. The lowest BCUT2D eigenvalue weighted by Crippen LogP contribution is -2.47. The number of nitrogens with one attached hydrogen (secondary N) is 1. The van der Waals surface area contributed by atoms with Gasteiger partial charge < -0.3 is 9.26 Å².